The van der Waals surface area contributed by atoms with Crippen LogP contribution in [0.5, 0.6) is 0 Å². The number of benzene rings is 1. The molecule has 100 valence electrons. The monoisotopic (exact) mass is 253 g/mol. The summed E-state index contributed by atoms with van der Waals surface area (Å²) in [6.07, 6.45) is 12.1. The molecule has 1 aromatic rings. The zero-order chi connectivity index (χ0) is 13.5. The standard InChI is InChI=1S/C18H23N/c1-15-8-4-3-5-10-17(15)14-18-11-7-6-9-16(18)12-13-19-2/h3,5-11,19H,4,12-14H2,1-2H3. The van der Waals surface area contributed by atoms with Gasteiger partial charge in [0.1, 0.15) is 0 Å². The molecule has 0 atom stereocenters. The molecule has 1 aliphatic carbocycles. The van der Waals surface area contributed by atoms with Gasteiger partial charge in [0.15, 0.2) is 0 Å². The van der Waals surface area contributed by atoms with Crippen molar-refractivity contribution in [3.63, 3.8) is 0 Å². The lowest BCUT2D eigenvalue weighted by atomic mass is 9.94. The number of likely N-dealkylation sites (N-methyl/N-ethyl adjacent to an activating group) is 1. The van der Waals surface area contributed by atoms with E-state index < -0.39 is 0 Å². The van der Waals surface area contributed by atoms with E-state index in [0.717, 1.165) is 25.8 Å². The molecule has 2 rings (SSSR count). The lowest BCUT2D eigenvalue weighted by Crippen LogP contribution is -2.11. The second kappa shape index (κ2) is 7.10. The molecule has 0 bridgehead atoms. The maximum absolute atomic E-state index is 3.23. The summed E-state index contributed by atoms with van der Waals surface area (Å²) >= 11 is 0. The van der Waals surface area contributed by atoms with Crippen LogP contribution in [-0.4, -0.2) is 13.6 Å². The maximum Gasteiger partial charge on any atom is -0.00113 e. The van der Waals surface area contributed by atoms with Gasteiger partial charge in [-0.3, -0.25) is 0 Å². The third kappa shape index (κ3) is 3.93. The molecular weight excluding hydrogens is 230 g/mol. The summed E-state index contributed by atoms with van der Waals surface area (Å²) in [5, 5.41) is 3.23. The quantitative estimate of drug-likeness (QED) is 0.841. The minimum atomic E-state index is 1.03. The topological polar surface area (TPSA) is 12.0 Å². The van der Waals surface area contributed by atoms with Crippen molar-refractivity contribution in [2.45, 2.75) is 26.2 Å². The molecule has 19 heavy (non-hydrogen) atoms. The van der Waals surface area contributed by atoms with Gasteiger partial charge in [0.2, 0.25) is 0 Å². The van der Waals surface area contributed by atoms with Crippen molar-refractivity contribution in [2.75, 3.05) is 13.6 Å². The largest absolute Gasteiger partial charge is 0.319 e. The van der Waals surface area contributed by atoms with Crippen LogP contribution in [0.4, 0.5) is 0 Å². The highest BCUT2D eigenvalue weighted by Gasteiger charge is 2.06. The molecule has 1 nitrogen and oxygen atoms in total. The molecule has 0 saturated heterocycles. The highest BCUT2D eigenvalue weighted by Crippen LogP contribution is 2.21. The van der Waals surface area contributed by atoms with Crippen molar-refractivity contribution in [1.29, 1.82) is 0 Å². The van der Waals surface area contributed by atoms with E-state index in [2.05, 4.69) is 60.8 Å². The first kappa shape index (κ1) is 13.8. The van der Waals surface area contributed by atoms with Crippen LogP contribution in [0.1, 0.15) is 24.5 Å². The third-order valence-corrected chi connectivity index (χ3v) is 3.64. The van der Waals surface area contributed by atoms with Crippen molar-refractivity contribution in [2.24, 2.45) is 0 Å². The highest BCUT2D eigenvalue weighted by molar-refractivity contribution is 5.41. The first-order valence-corrected chi connectivity index (χ1v) is 7.05. The molecule has 0 fully saturated rings. The van der Waals surface area contributed by atoms with Gasteiger partial charge in [-0.2, -0.15) is 0 Å². The molecular formula is C18H23N. The number of hydrogen-bond donors (Lipinski definition) is 1. The van der Waals surface area contributed by atoms with E-state index in [4.69, 9.17) is 0 Å². The fourth-order valence-electron chi connectivity index (χ4n) is 2.41. The molecule has 0 amide bonds. The molecule has 0 radical (unpaired) electrons. The average Bonchev–Trinajstić information content (AvgIpc) is 2.63. The Morgan fingerprint density at radius 3 is 2.74 bits per heavy atom. The zero-order valence-electron chi connectivity index (χ0n) is 11.9. The predicted molar refractivity (Wildman–Crippen MR) is 83.4 cm³/mol. The van der Waals surface area contributed by atoms with E-state index in [1.54, 1.807) is 0 Å². The van der Waals surface area contributed by atoms with Gasteiger partial charge in [0.05, 0.1) is 0 Å². The Hall–Kier alpha value is -1.60. The van der Waals surface area contributed by atoms with Gasteiger partial charge in [-0.05, 0) is 56.5 Å². The van der Waals surface area contributed by atoms with Crippen LogP contribution in [0.3, 0.4) is 0 Å². The molecule has 0 aromatic heterocycles. The van der Waals surface area contributed by atoms with Crippen LogP contribution in [0.25, 0.3) is 0 Å². The summed E-state index contributed by atoms with van der Waals surface area (Å²) in [6.45, 7) is 3.25. The third-order valence-electron chi connectivity index (χ3n) is 3.64. The molecule has 0 aliphatic heterocycles. The summed E-state index contributed by atoms with van der Waals surface area (Å²) in [6, 6.07) is 8.79. The molecule has 1 N–H and O–H groups in total. The molecule has 0 heterocycles. The van der Waals surface area contributed by atoms with Crippen LogP contribution >= 0.6 is 0 Å². The number of nitrogens with one attached hydrogen (secondary N) is 1. The van der Waals surface area contributed by atoms with Crippen LogP contribution in [0.15, 0.2) is 59.7 Å². The van der Waals surface area contributed by atoms with Crippen LogP contribution in [-0.2, 0) is 12.8 Å². The Morgan fingerprint density at radius 1 is 1.16 bits per heavy atom. The minimum absolute atomic E-state index is 1.03. The second-order valence-electron chi connectivity index (χ2n) is 5.04. The summed E-state index contributed by atoms with van der Waals surface area (Å²) in [5.41, 5.74) is 5.75. The van der Waals surface area contributed by atoms with Crippen molar-refractivity contribution in [3.8, 4) is 0 Å². The van der Waals surface area contributed by atoms with E-state index in [0.29, 0.717) is 0 Å². The van der Waals surface area contributed by atoms with Crippen LogP contribution in [0.2, 0.25) is 0 Å². The molecule has 0 saturated carbocycles. The SMILES string of the molecule is CNCCc1ccccc1CC1=CC=CCC=C1C. The first-order chi connectivity index (χ1) is 9.31. The van der Waals surface area contributed by atoms with Gasteiger partial charge < -0.3 is 5.32 Å². The number of allylic oxidation sites excluding steroid dienone is 6. The first-order valence-electron chi connectivity index (χ1n) is 7.05. The Morgan fingerprint density at radius 2 is 1.95 bits per heavy atom. The van der Waals surface area contributed by atoms with Gasteiger partial charge >= 0.3 is 0 Å². The van der Waals surface area contributed by atoms with Gasteiger partial charge in [0.25, 0.3) is 0 Å². The summed E-state index contributed by atoms with van der Waals surface area (Å²) in [4.78, 5) is 0. The van der Waals surface area contributed by atoms with Crippen LogP contribution < -0.4 is 5.32 Å². The second-order valence-corrected chi connectivity index (χ2v) is 5.04. The fourth-order valence-corrected chi connectivity index (χ4v) is 2.41. The number of rotatable bonds is 5. The fraction of sp³-hybridized carbons (Fsp3) is 0.333. The van der Waals surface area contributed by atoms with Gasteiger partial charge in [-0.1, -0.05) is 54.1 Å². The number of hydrogen-bond acceptors (Lipinski definition) is 1. The summed E-state index contributed by atoms with van der Waals surface area (Å²) in [7, 11) is 2.01. The lowest BCUT2D eigenvalue weighted by molar-refractivity contribution is 0.786. The van der Waals surface area contributed by atoms with Gasteiger partial charge in [-0.15, -0.1) is 0 Å². The van der Waals surface area contributed by atoms with Crippen molar-refractivity contribution >= 4 is 0 Å². The van der Waals surface area contributed by atoms with Gasteiger partial charge in [0, 0.05) is 0 Å². The zero-order valence-corrected chi connectivity index (χ0v) is 11.9. The molecule has 1 aromatic carbocycles. The maximum atomic E-state index is 3.23. The van der Waals surface area contributed by atoms with Gasteiger partial charge in [-0.25, -0.2) is 0 Å². The molecule has 0 unspecified atom stereocenters. The van der Waals surface area contributed by atoms with Crippen LogP contribution in [0, 0.1) is 0 Å². The van der Waals surface area contributed by atoms with Crippen molar-refractivity contribution < 1.29 is 0 Å². The lowest BCUT2D eigenvalue weighted by Gasteiger charge is -2.12. The van der Waals surface area contributed by atoms with E-state index in [1.165, 1.54) is 22.3 Å². The van der Waals surface area contributed by atoms with Crippen molar-refractivity contribution in [1.82, 2.24) is 5.32 Å². The molecule has 0 spiro atoms. The Kier molecular flexibility index (Phi) is 5.17. The molecule has 1 heteroatoms. The Labute approximate surface area is 116 Å². The summed E-state index contributed by atoms with van der Waals surface area (Å²) in [5.74, 6) is 0. The Balaban J connectivity index is 2.18. The summed E-state index contributed by atoms with van der Waals surface area (Å²) < 4.78 is 0. The van der Waals surface area contributed by atoms with E-state index >= 15 is 0 Å². The van der Waals surface area contributed by atoms with E-state index in [1.807, 2.05) is 7.05 Å². The van der Waals surface area contributed by atoms with E-state index in [9.17, 15) is 0 Å². The smallest absolute Gasteiger partial charge is 0.00113 e. The van der Waals surface area contributed by atoms with Crippen molar-refractivity contribution in [3.05, 3.63) is 70.8 Å². The highest BCUT2D eigenvalue weighted by atomic mass is 14.8. The Bertz CT molecular complexity index is 506. The normalized spacial score (nSPS) is 14.8. The predicted octanol–water partition coefficient (Wildman–Crippen LogP) is 3.82. The van der Waals surface area contributed by atoms with E-state index in [-0.39, 0.29) is 0 Å². The molecule has 1 aliphatic rings. The average molecular weight is 253 g/mol. The minimum Gasteiger partial charge on any atom is -0.319 e.